The van der Waals surface area contributed by atoms with Gasteiger partial charge in [0.05, 0.1) is 19.3 Å². The van der Waals surface area contributed by atoms with Crippen molar-refractivity contribution in [2.75, 3.05) is 53.6 Å². The van der Waals surface area contributed by atoms with Crippen molar-refractivity contribution in [2.24, 2.45) is 5.41 Å². The van der Waals surface area contributed by atoms with E-state index in [1.54, 1.807) is 13.3 Å². The third kappa shape index (κ3) is 3.78. The Bertz CT molecular complexity index is 806. The molecule has 2 aromatic rings. The normalized spacial score (nSPS) is 21.2. The Labute approximate surface area is 163 Å². The molecule has 0 aromatic carbocycles. The van der Waals surface area contributed by atoms with Crippen LogP contribution in [0.25, 0.3) is 11.6 Å². The second-order valence-corrected chi connectivity index (χ2v) is 7.60. The molecule has 2 fully saturated rings. The van der Waals surface area contributed by atoms with E-state index in [2.05, 4.69) is 27.1 Å². The van der Waals surface area contributed by atoms with Crippen molar-refractivity contribution in [1.29, 1.82) is 0 Å². The molecule has 0 saturated carbocycles. The van der Waals surface area contributed by atoms with E-state index in [1.807, 2.05) is 23.1 Å². The molecule has 2 aliphatic heterocycles. The summed E-state index contributed by atoms with van der Waals surface area (Å²) in [6.07, 6.45) is 2.61. The summed E-state index contributed by atoms with van der Waals surface area (Å²) in [5.41, 5.74) is 0.762. The van der Waals surface area contributed by atoms with Crippen LogP contribution >= 0.6 is 0 Å². The van der Waals surface area contributed by atoms with Crippen LogP contribution in [0.1, 0.15) is 18.3 Å². The zero-order chi connectivity index (χ0) is 19.6. The van der Waals surface area contributed by atoms with Crippen molar-refractivity contribution in [3.63, 3.8) is 0 Å². The Balaban J connectivity index is 1.33. The zero-order valence-electron chi connectivity index (χ0n) is 16.2. The van der Waals surface area contributed by atoms with E-state index in [-0.39, 0.29) is 24.0 Å². The Hall–Kier alpha value is -2.36. The monoisotopic (exact) mass is 387 g/mol. The maximum atomic E-state index is 12.2. The van der Waals surface area contributed by atoms with E-state index < -0.39 is 0 Å². The van der Waals surface area contributed by atoms with Gasteiger partial charge in [0.2, 0.25) is 5.91 Å². The first-order valence-corrected chi connectivity index (χ1v) is 9.40. The van der Waals surface area contributed by atoms with Crippen molar-refractivity contribution < 1.29 is 18.8 Å². The van der Waals surface area contributed by atoms with Crippen LogP contribution in [0.15, 0.2) is 28.9 Å². The molecule has 1 atom stereocenters. The lowest BCUT2D eigenvalue weighted by atomic mass is 9.77. The van der Waals surface area contributed by atoms with Gasteiger partial charge >= 0.3 is 0 Å². The molecule has 28 heavy (non-hydrogen) atoms. The highest BCUT2D eigenvalue weighted by atomic mass is 16.5. The number of carbonyl (C=O) groups excluding carboxylic acids is 1. The standard InChI is InChI=1S/C19H25N5O4/c1-23-11-19(12-24(13-19)16(25)10-27-8-7-26-2)9-15(23)17-21-18(28-22-17)14-5-3-4-6-20-14/h3-6,15H,7-13H2,1-2H3. The largest absolute Gasteiger partial charge is 0.382 e. The van der Waals surface area contributed by atoms with E-state index in [0.29, 0.717) is 30.6 Å². The van der Waals surface area contributed by atoms with Gasteiger partial charge in [-0.05, 0) is 25.6 Å². The van der Waals surface area contributed by atoms with Crippen LogP contribution in [0.2, 0.25) is 0 Å². The highest BCUT2D eigenvalue weighted by molar-refractivity contribution is 5.78. The van der Waals surface area contributed by atoms with Crippen molar-refractivity contribution in [3.8, 4) is 11.6 Å². The van der Waals surface area contributed by atoms with Gasteiger partial charge in [0.15, 0.2) is 5.82 Å². The second-order valence-electron chi connectivity index (χ2n) is 7.60. The summed E-state index contributed by atoms with van der Waals surface area (Å²) < 4.78 is 15.7. The Kier molecular flexibility index (Phi) is 5.38. The average molecular weight is 387 g/mol. The van der Waals surface area contributed by atoms with Crippen LogP contribution in [0.4, 0.5) is 0 Å². The number of amides is 1. The summed E-state index contributed by atoms with van der Waals surface area (Å²) in [4.78, 5) is 25.1. The van der Waals surface area contributed by atoms with Crippen molar-refractivity contribution in [3.05, 3.63) is 30.2 Å². The van der Waals surface area contributed by atoms with E-state index in [9.17, 15) is 4.79 Å². The summed E-state index contributed by atoms with van der Waals surface area (Å²) in [6.45, 7) is 3.42. The minimum atomic E-state index is 0.0323. The zero-order valence-corrected chi connectivity index (χ0v) is 16.2. The Morgan fingerprint density at radius 1 is 1.32 bits per heavy atom. The summed E-state index contributed by atoms with van der Waals surface area (Å²) in [6, 6.07) is 5.67. The van der Waals surface area contributed by atoms with E-state index in [1.165, 1.54) is 0 Å². The van der Waals surface area contributed by atoms with Crippen LogP contribution in [0.3, 0.4) is 0 Å². The number of hydrogen-bond acceptors (Lipinski definition) is 8. The van der Waals surface area contributed by atoms with Gasteiger partial charge in [-0.25, -0.2) is 0 Å². The molecule has 2 saturated heterocycles. The molecule has 1 amide bonds. The molecule has 0 radical (unpaired) electrons. The van der Waals surface area contributed by atoms with Gasteiger partial charge in [-0.15, -0.1) is 0 Å². The predicted octanol–water partition coefficient (Wildman–Crippen LogP) is 1.000. The summed E-state index contributed by atoms with van der Waals surface area (Å²) in [5, 5.41) is 4.18. The number of aromatic nitrogens is 3. The molecular formula is C19H25N5O4. The number of hydrogen-bond donors (Lipinski definition) is 0. The number of nitrogens with zero attached hydrogens (tertiary/aromatic N) is 5. The van der Waals surface area contributed by atoms with Gasteiger partial charge in [0.25, 0.3) is 5.89 Å². The number of likely N-dealkylation sites (tertiary alicyclic amines) is 2. The second kappa shape index (κ2) is 7.94. The van der Waals surface area contributed by atoms with Gasteiger partial charge in [0.1, 0.15) is 12.3 Å². The molecule has 4 heterocycles. The van der Waals surface area contributed by atoms with Gasteiger partial charge in [-0.1, -0.05) is 11.2 Å². The SMILES string of the molecule is COCCOCC(=O)N1CC2(CC(c3noc(-c4ccccn4)n3)N(C)C2)C1. The maximum absolute atomic E-state index is 12.2. The van der Waals surface area contributed by atoms with Crippen LogP contribution in [-0.2, 0) is 14.3 Å². The third-order valence-corrected chi connectivity index (χ3v) is 5.43. The van der Waals surface area contributed by atoms with Gasteiger partial charge in [-0.3, -0.25) is 14.7 Å². The molecule has 2 aliphatic rings. The minimum absolute atomic E-state index is 0.0323. The lowest BCUT2D eigenvalue weighted by Crippen LogP contribution is -2.60. The fraction of sp³-hybridized carbons (Fsp3) is 0.579. The number of pyridine rings is 1. The lowest BCUT2D eigenvalue weighted by molar-refractivity contribution is -0.148. The number of carbonyl (C=O) groups is 1. The first-order valence-electron chi connectivity index (χ1n) is 9.40. The summed E-state index contributed by atoms with van der Waals surface area (Å²) in [7, 11) is 3.68. The van der Waals surface area contributed by atoms with Gasteiger partial charge < -0.3 is 18.9 Å². The quantitative estimate of drug-likeness (QED) is 0.650. The summed E-state index contributed by atoms with van der Waals surface area (Å²) >= 11 is 0. The third-order valence-electron chi connectivity index (χ3n) is 5.43. The van der Waals surface area contributed by atoms with Crippen molar-refractivity contribution in [1.82, 2.24) is 24.9 Å². The molecule has 2 aromatic heterocycles. The van der Waals surface area contributed by atoms with Crippen LogP contribution < -0.4 is 0 Å². The molecule has 1 unspecified atom stereocenters. The molecular weight excluding hydrogens is 362 g/mol. The molecule has 150 valence electrons. The number of methoxy groups -OCH3 is 1. The average Bonchev–Trinajstić information content (AvgIpc) is 3.29. The Morgan fingerprint density at radius 3 is 2.93 bits per heavy atom. The minimum Gasteiger partial charge on any atom is -0.382 e. The number of ether oxygens (including phenoxy) is 2. The van der Waals surface area contributed by atoms with Crippen LogP contribution in [0, 0.1) is 5.41 Å². The molecule has 0 bridgehead atoms. The van der Waals surface area contributed by atoms with E-state index in [0.717, 1.165) is 26.1 Å². The first-order chi connectivity index (χ1) is 13.6. The molecule has 9 heteroatoms. The van der Waals surface area contributed by atoms with Crippen LogP contribution in [0.5, 0.6) is 0 Å². The fourth-order valence-electron chi connectivity index (χ4n) is 4.08. The first kappa shape index (κ1) is 19.0. The highest BCUT2D eigenvalue weighted by Gasteiger charge is 2.53. The van der Waals surface area contributed by atoms with Crippen molar-refractivity contribution >= 4 is 5.91 Å². The number of rotatable bonds is 7. The maximum Gasteiger partial charge on any atom is 0.276 e. The predicted molar refractivity (Wildman–Crippen MR) is 99.2 cm³/mol. The van der Waals surface area contributed by atoms with Gasteiger partial charge in [-0.2, -0.15) is 4.98 Å². The fourth-order valence-corrected chi connectivity index (χ4v) is 4.08. The molecule has 1 spiro atoms. The molecule has 4 rings (SSSR count). The van der Waals surface area contributed by atoms with E-state index >= 15 is 0 Å². The smallest absolute Gasteiger partial charge is 0.276 e. The molecule has 9 nitrogen and oxygen atoms in total. The van der Waals surface area contributed by atoms with E-state index in [4.69, 9.17) is 14.0 Å². The van der Waals surface area contributed by atoms with Crippen molar-refractivity contribution in [2.45, 2.75) is 12.5 Å². The summed E-state index contributed by atoms with van der Waals surface area (Å²) in [5.74, 6) is 1.14. The lowest BCUT2D eigenvalue weighted by Gasteiger charge is -2.48. The Morgan fingerprint density at radius 2 is 2.18 bits per heavy atom. The molecule has 0 N–H and O–H groups in total. The molecule has 0 aliphatic carbocycles. The highest BCUT2D eigenvalue weighted by Crippen LogP contribution is 2.47. The topological polar surface area (TPSA) is 93.8 Å². The van der Waals surface area contributed by atoms with Crippen LogP contribution in [-0.4, -0.2) is 84.4 Å². The van der Waals surface area contributed by atoms with Gasteiger partial charge in [0, 0.05) is 38.4 Å².